The van der Waals surface area contributed by atoms with E-state index in [4.69, 9.17) is 17.5 Å². The maximum atomic E-state index is 8.52. The van der Waals surface area contributed by atoms with Crippen LogP contribution in [0.3, 0.4) is 0 Å². The van der Waals surface area contributed by atoms with Crippen LogP contribution in [0.1, 0.15) is 324 Å². The van der Waals surface area contributed by atoms with Gasteiger partial charge in [-0.2, -0.15) is 0 Å². The summed E-state index contributed by atoms with van der Waals surface area (Å²) in [5.41, 5.74) is 0. The highest BCUT2D eigenvalue weighted by Crippen LogP contribution is 2.22. The van der Waals surface area contributed by atoms with Crippen LogP contribution in [0.25, 0.3) is 0 Å². The van der Waals surface area contributed by atoms with E-state index in [1.54, 1.807) is 0 Å². The summed E-state index contributed by atoms with van der Waals surface area (Å²) in [7, 11) is 4.75. The fourth-order valence-corrected chi connectivity index (χ4v) is 10.2. The molecule has 396 valence electrons. The molecular weight excluding hydrogens is 821 g/mol. The lowest BCUT2D eigenvalue weighted by atomic mass is 10.0. The predicted octanol–water partition coefficient (Wildman–Crippen LogP) is 18.8. The molecule has 0 aromatic carbocycles. The van der Waals surface area contributed by atoms with Crippen molar-refractivity contribution in [2.24, 2.45) is 0 Å². The molecule has 0 fully saturated rings. The Morgan fingerprint density at radius 2 is 0.446 bits per heavy atom. The number of rotatable bonds is 48. The second-order valence-electron chi connectivity index (χ2n) is 21.8. The van der Waals surface area contributed by atoms with Crippen molar-refractivity contribution in [3.8, 4) is 0 Å². The molecule has 0 aromatic rings. The van der Waals surface area contributed by atoms with Crippen molar-refractivity contribution in [2.45, 2.75) is 336 Å². The Hall–Kier alpha value is -0.210. The molecule has 0 heterocycles. The topological polar surface area (TPSA) is 80.3 Å². The van der Waals surface area contributed by atoms with Crippen molar-refractivity contribution >= 4 is 10.4 Å². The van der Waals surface area contributed by atoms with Gasteiger partial charge in [0.2, 0.25) is 0 Å². The molecule has 0 saturated heterocycles. The van der Waals surface area contributed by atoms with Gasteiger partial charge in [0.25, 0.3) is 0 Å². The largest absolute Gasteiger partial charge is 0.759 e. The summed E-state index contributed by atoms with van der Waals surface area (Å²) in [6.07, 6.45) is 63.7. The molecule has 6 nitrogen and oxygen atoms in total. The van der Waals surface area contributed by atoms with Gasteiger partial charge in [-0.3, -0.25) is 8.42 Å². The Kier molecular flexibility index (Phi) is 54.9. The van der Waals surface area contributed by atoms with Crippen molar-refractivity contribution in [3.05, 3.63) is 0 Å². The third kappa shape index (κ3) is 56.3. The van der Waals surface area contributed by atoms with E-state index in [0.29, 0.717) is 0 Å². The van der Waals surface area contributed by atoms with Gasteiger partial charge in [-0.25, -0.2) is 0 Å². The number of hydrogen-bond acceptors (Lipinski definition) is 4. The monoisotopic (exact) mass is 945 g/mol. The van der Waals surface area contributed by atoms with Crippen molar-refractivity contribution in [3.63, 3.8) is 0 Å². The Morgan fingerprint density at radius 3 is 0.615 bits per heavy atom. The number of quaternary nitrogens is 2. The van der Waals surface area contributed by atoms with Gasteiger partial charge >= 0.3 is 0 Å². The fourth-order valence-electron chi connectivity index (χ4n) is 10.2. The van der Waals surface area contributed by atoms with Crippen LogP contribution < -0.4 is 0 Å². The Bertz CT molecular complexity index is 932. The second kappa shape index (κ2) is 51.6. The van der Waals surface area contributed by atoms with Gasteiger partial charge in [0.05, 0.1) is 53.4 Å². The van der Waals surface area contributed by atoms with Crippen LogP contribution in [-0.4, -0.2) is 79.9 Å². The summed E-state index contributed by atoms with van der Waals surface area (Å²) in [5, 5.41) is 0. The summed E-state index contributed by atoms with van der Waals surface area (Å²) in [5.74, 6) is 0. The molecule has 2 unspecified atom stereocenters. The highest BCUT2D eigenvalue weighted by atomic mass is 32.3. The lowest BCUT2D eigenvalue weighted by Gasteiger charge is -2.38. The van der Waals surface area contributed by atoms with Crippen LogP contribution in [-0.2, 0) is 10.4 Å². The van der Waals surface area contributed by atoms with Crippen LogP contribution in [0, 0.1) is 0 Å². The van der Waals surface area contributed by atoms with Gasteiger partial charge in [-0.15, -0.1) is 0 Å². The van der Waals surface area contributed by atoms with Crippen molar-refractivity contribution in [1.29, 1.82) is 0 Å². The zero-order chi connectivity index (χ0) is 49.2. The maximum Gasteiger partial charge on any atom is 0.0883 e. The lowest BCUT2D eigenvalue weighted by Crippen LogP contribution is -2.49. The van der Waals surface area contributed by atoms with E-state index in [1.807, 2.05) is 0 Å². The zero-order valence-corrected chi connectivity index (χ0v) is 47.4. The molecule has 0 saturated carbocycles. The van der Waals surface area contributed by atoms with E-state index in [9.17, 15) is 0 Å². The molecule has 0 amide bonds. The summed E-state index contributed by atoms with van der Waals surface area (Å²) in [4.78, 5) is 0. The highest BCUT2D eigenvalue weighted by Gasteiger charge is 2.26. The molecule has 65 heavy (non-hydrogen) atoms. The van der Waals surface area contributed by atoms with Crippen LogP contribution >= 0.6 is 0 Å². The SMILES string of the molecule is CCCCCCCCCCCCCCCCCCC(CC)[N+](C)(C)CCCCCC.CCCCCCCCCCCCCCCCCCC(CC)[N+](C)(C)CCCCCC.O=S(=O)([O-])[O-]. The minimum atomic E-state index is -5.17. The molecule has 0 aliphatic rings. The first-order valence-electron chi connectivity index (χ1n) is 29.5. The smallest absolute Gasteiger partial charge is 0.0883 e. The molecule has 2 atom stereocenters. The third-order valence-corrected chi connectivity index (χ3v) is 14.9. The van der Waals surface area contributed by atoms with Crippen molar-refractivity contribution in [2.75, 3.05) is 41.3 Å². The minimum absolute atomic E-state index is 0.873. The average molecular weight is 946 g/mol. The van der Waals surface area contributed by atoms with E-state index in [0.717, 1.165) is 12.1 Å². The second-order valence-corrected chi connectivity index (χ2v) is 22.7. The highest BCUT2D eigenvalue weighted by molar-refractivity contribution is 7.79. The average Bonchev–Trinajstić information content (AvgIpc) is 3.25. The zero-order valence-electron chi connectivity index (χ0n) is 46.6. The number of hydrogen-bond donors (Lipinski definition) is 0. The van der Waals surface area contributed by atoms with Gasteiger partial charge in [0.15, 0.2) is 0 Å². The van der Waals surface area contributed by atoms with Crippen LogP contribution in [0.4, 0.5) is 0 Å². The maximum absolute atomic E-state index is 8.52. The minimum Gasteiger partial charge on any atom is -0.759 e. The van der Waals surface area contributed by atoms with E-state index < -0.39 is 10.4 Å². The Balaban J connectivity index is -0.00000107. The van der Waals surface area contributed by atoms with Gasteiger partial charge < -0.3 is 18.1 Å². The number of unbranched alkanes of at least 4 members (excludes halogenated alkanes) is 36. The quantitative estimate of drug-likeness (QED) is 0.0263. The van der Waals surface area contributed by atoms with Crippen LogP contribution in [0.5, 0.6) is 0 Å². The molecule has 0 N–H and O–H groups in total. The van der Waals surface area contributed by atoms with Crippen LogP contribution in [0.2, 0.25) is 0 Å². The molecule has 0 aromatic heterocycles. The third-order valence-electron chi connectivity index (χ3n) is 14.9. The molecule has 0 bridgehead atoms. The van der Waals surface area contributed by atoms with Crippen LogP contribution in [0.15, 0.2) is 0 Å². The number of nitrogens with zero attached hydrogens (tertiary/aromatic N) is 2. The van der Waals surface area contributed by atoms with Crippen molar-refractivity contribution < 1.29 is 26.5 Å². The van der Waals surface area contributed by atoms with E-state index in [-0.39, 0.29) is 0 Å². The molecule has 0 rings (SSSR count). The van der Waals surface area contributed by atoms with E-state index >= 15 is 0 Å². The Labute approximate surface area is 412 Å². The molecule has 0 spiro atoms. The van der Waals surface area contributed by atoms with Crippen molar-refractivity contribution in [1.82, 2.24) is 0 Å². The predicted molar refractivity (Wildman–Crippen MR) is 289 cm³/mol. The summed E-state index contributed by atoms with van der Waals surface area (Å²) >= 11 is 0. The van der Waals surface area contributed by atoms with Gasteiger partial charge in [-0.1, -0.05) is 260 Å². The first kappa shape index (κ1) is 69.1. The summed E-state index contributed by atoms with van der Waals surface area (Å²) in [6.45, 7) is 16.8. The molecule has 7 heteroatoms. The van der Waals surface area contributed by atoms with E-state index in [2.05, 4.69) is 69.7 Å². The Morgan fingerprint density at radius 1 is 0.292 bits per heavy atom. The van der Waals surface area contributed by atoms with Gasteiger partial charge in [0.1, 0.15) is 0 Å². The first-order valence-corrected chi connectivity index (χ1v) is 30.8. The normalized spacial score (nSPS) is 13.0. The summed E-state index contributed by atoms with van der Waals surface area (Å²) in [6, 6.07) is 1.75. The molecule has 0 aliphatic heterocycles. The molecule has 0 aliphatic carbocycles. The fraction of sp³-hybridized carbons (Fsp3) is 1.00. The molecule has 0 radical (unpaired) electrons. The summed E-state index contributed by atoms with van der Waals surface area (Å²) < 4.78 is 36.6. The van der Waals surface area contributed by atoms with Gasteiger partial charge in [-0.05, 0) is 64.2 Å². The van der Waals surface area contributed by atoms with Gasteiger partial charge in [0, 0.05) is 10.4 Å². The van der Waals surface area contributed by atoms with E-state index in [1.165, 1.54) is 305 Å². The lowest BCUT2D eigenvalue weighted by molar-refractivity contribution is -0.915. The first-order chi connectivity index (χ1) is 31.2. The molecular formula is C58H124N2O4S. The standard InChI is InChI=1S/2C29H62N.H2O4S/c2*1-6-9-11-13-14-15-16-17-18-19-20-21-22-23-24-25-27-29(8-3)30(4,5)28-26-12-10-7-2;1-5(2,3)4/h2*29H,6-28H2,1-5H3;(H2,1,2,3,4)/q2*+1;/p-2.